The van der Waals surface area contributed by atoms with Crippen molar-refractivity contribution in [2.75, 3.05) is 85.2 Å². The molecule has 0 amide bonds. The normalized spacial score (nSPS) is 16.8. The number of likely N-dealkylation sites (N-methyl/N-ethyl adjacent to an activating group) is 1. The van der Waals surface area contributed by atoms with E-state index in [1.54, 1.807) is 18.3 Å². The van der Waals surface area contributed by atoms with Gasteiger partial charge in [0.05, 0.1) is 40.7 Å². The highest BCUT2D eigenvalue weighted by molar-refractivity contribution is 7.92. The molecule has 0 bridgehead atoms. The molecule has 2 aromatic heterocycles. The molecule has 0 radical (unpaired) electrons. The summed E-state index contributed by atoms with van der Waals surface area (Å²) in [6.07, 6.45) is 7.95. The molecule has 15 heteroatoms. The molecule has 0 unspecified atom stereocenters. The van der Waals surface area contributed by atoms with Crippen LogP contribution in [0.15, 0.2) is 42.9 Å². The largest absolute Gasteiger partial charge is 0.386 e. The van der Waals surface area contributed by atoms with Crippen molar-refractivity contribution in [2.45, 2.75) is 25.8 Å². The summed E-state index contributed by atoms with van der Waals surface area (Å²) in [4.78, 5) is 25.2. The van der Waals surface area contributed by atoms with Crippen molar-refractivity contribution in [1.82, 2.24) is 29.7 Å². The number of aryl methyl sites for hydroxylation is 1. The molecule has 0 atom stereocenters. The lowest BCUT2D eigenvalue weighted by atomic mass is 10.00. The standard InChI is InChI=1S/C31H40ClN11O2S/c1-20-17-26(25(33-2)18-27(20)43-11-7-21(8-12-43)42-15-13-41(3)14-16-42)38-31-36-19-22(32)30(39-31)37-24-6-5-23-28(35-10-9-34-23)29(24)40-46(4,44)45/h5-6,9-10,17-19,21,33,40H,7-8,11-16H2,1-4H3,(H2,36,37,38,39). The summed E-state index contributed by atoms with van der Waals surface area (Å²) in [5, 5.41) is 10.1. The first-order valence-electron chi connectivity index (χ1n) is 15.4. The molecular weight excluding hydrogens is 626 g/mol. The number of nitrogens with zero attached hydrogens (tertiary/aromatic N) is 7. The Kier molecular flexibility index (Phi) is 9.32. The summed E-state index contributed by atoms with van der Waals surface area (Å²) in [6, 6.07) is 8.38. The number of rotatable bonds is 9. The number of hydrogen-bond donors (Lipinski definition) is 4. The lowest BCUT2D eigenvalue weighted by Crippen LogP contribution is -2.52. The van der Waals surface area contributed by atoms with E-state index in [0.717, 1.165) is 75.3 Å². The van der Waals surface area contributed by atoms with Gasteiger partial charge in [0.1, 0.15) is 10.5 Å². The van der Waals surface area contributed by atoms with Crippen molar-refractivity contribution in [1.29, 1.82) is 0 Å². The number of piperazine rings is 1. The number of anilines is 7. The molecule has 2 aliphatic rings. The third kappa shape index (κ3) is 7.20. The van der Waals surface area contributed by atoms with Gasteiger partial charge in [-0.05, 0) is 56.6 Å². The second-order valence-corrected chi connectivity index (χ2v) is 14.1. The lowest BCUT2D eigenvalue weighted by Gasteiger charge is -2.43. The monoisotopic (exact) mass is 665 g/mol. The number of nitrogens with one attached hydrogen (secondary N) is 4. The molecule has 6 rings (SSSR count). The summed E-state index contributed by atoms with van der Waals surface area (Å²) in [5.74, 6) is 0.614. The van der Waals surface area contributed by atoms with Crippen LogP contribution < -0.4 is 25.6 Å². The van der Waals surface area contributed by atoms with E-state index in [4.69, 9.17) is 11.6 Å². The summed E-state index contributed by atoms with van der Waals surface area (Å²) < 4.78 is 27.0. The highest BCUT2D eigenvalue weighted by atomic mass is 35.5. The quantitative estimate of drug-likeness (QED) is 0.200. The predicted octanol–water partition coefficient (Wildman–Crippen LogP) is 4.50. The number of halogens is 1. The number of aromatic nitrogens is 4. The Bertz CT molecular complexity index is 1830. The van der Waals surface area contributed by atoms with Crippen molar-refractivity contribution in [3.05, 3.63) is 53.4 Å². The Morgan fingerprint density at radius 3 is 2.37 bits per heavy atom. The van der Waals surface area contributed by atoms with Gasteiger partial charge in [0.25, 0.3) is 0 Å². The second kappa shape index (κ2) is 13.4. The fourth-order valence-electron chi connectivity index (χ4n) is 6.20. The number of piperidine rings is 1. The first-order chi connectivity index (χ1) is 22.1. The zero-order chi connectivity index (χ0) is 32.4. The highest BCUT2D eigenvalue weighted by Gasteiger charge is 2.27. The van der Waals surface area contributed by atoms with E-state index in [2.05, 4.69) is 81.4 Å². The van der Waals surface area contributed by atoms with Crippen molar-refractivity contribution < 1.29 is 8.42 Å². The fraction of sp³-hybridized carbons (Fsp3) is 0.419. The van der Waals surface area contributed by atoms with Gasteiger partial charge in [-0.25, -0.2) is 13.4 Å². The van der Waals surface area contributed by atoms with Gasteiger partial charge in [0.15, 0.2) is 5.82 Å². The van der Waals surface area contributed by atoms with Gasteiger partial charge < -0.3 is 25.8 Å². The molecule has 2 fully saturated rings. The fourth-order valence-corrected chi connectivity index (χ4v) is 6.91. The smallest absolute Gasteiger partial charge is 0.229 e. The first kappa shape index (κ1) is 32.0. The van der Waals surface area contributed by atoms with Gasteiger partial charge in [-0.2, -0.15) is 4.98 Å². The molecule has 13 nitrogen and oxygen atoms in total. The van der Waals surface area contributed by atoms with E-state index in [-0.39, 0.29) is 10.7 Å². The van der Waals surface area contributed by atoms with Gasteiger partial charge >= 0.3 is 0 Å². The van der Waals surface area contributed by atoms with Crippen LogP contribution in [0.3, 0.4) is 0 Å². The Morgan fingerprint density at radius 2 is 1.65 bits per heavy atom. The highest BCUT2D eigenvalue weighted by Crippen LogP contribution is 2.36. The number of sulfonamides is 1. The average molecular weight is 666 g/mol. The molecule has 244 valence electrons. The summed E-state index contributed by atoms with van der Waals surface area (Å²) in [5.41, 5.74) is 5.70. The molecule has 4 N–H and O–H groups in total. The minimum atomic E-state index is -3.63. The molecule has 0 spiro atoms. The second-order valence-electron chi connectivity index (χ2n) is 11.9. The van der Waals surface area contributed by atoms with E-state index in [1.165, 1.54) is 18.1 Å². The molecule has 2 aromatic carbocycles. The van der Waals surface area contributed by atoms with E-state index in [9.17, 15) is 8.42 Å². The summed E-state index contributed by atoms with van der Waals surface area (Å²) in [6.45, 7) is 8.79. The molecule has 4 heterocycles. The minimum absolute atomic E-state index is 0.244. The van der Waals surface area contributed by atoms with Crippen LogP contribution in [0.1, 0.15) is 18.4 Å². The summed E-state index contributed by atoms with van der Waals surface area (Å²) >= 11 is 6.50. The number of fused-ring (bicyclic) bond motifs is 1. The van der Waals surface area contributed by atoms with E-state index in [0.29, 0.717) is 34.5 Å². The van der Waals surface area contributed by atoms with E-state index >= 15 is 0 Å². The van der Waals surface area contributed by atoms with Crippen molar-refractivity contribution >= 4 is 72.9 Å². The summed E-state index contributed by atoms with van der Waals surface area (Å²) in [7, 11) is 0.474. The zero-order valence-electron chi connectivity index (χ0n) is 26.5. The molecule has 0 aliphatic carbocycles. The predicted molar refractivity (Wildman–Crippen MR) is 187 cm³/mol. The Balaban J connectivity index is 1.20. The van der Waals surface area contributed by atoms with Crippen LogP contribution in [-0.4, -0.2) is 104 Å². The molecule has 0 saturated carbocycles. The van der Waals surface area contributed by atoms with Gasteiger partial charge in [-0.15, -0.1) is 0 Å². The third-order valence-corrected chi connectivity index (χ3v) is 9.49. The Labute approximate surface area is 274 Å². The van der Waals surface area contributed by atoms with Gasteiger partial charge in [0, 0.05) is 70.4 Å². The van der Waals surface area contributed by atoms with Crippen LogP contribution in [0.4, 0.5) is 40.2 Å². The van der Waals surface area contributed by atoms with Crippen LogP contribution in [0.5, 0.6) is 0 Å². The topological polar surface area (TPSA) is 144 Å². The number of hydrogen-bond acceptors (Lipinski definition) is 12. The average Bonchev–Trinajstić information content (AvgIpc) is 3.04. The maximum Gasteiger partial charge on any atom is 0.229 e. The van der Waals surface area contributed by atoms with Crippen molar-refractivity contribution in [2.24, 2.45) is 0 Å². The molecule has 2 saturated heterocycles. The van der Waals surface area contributed by atoms with Gasteiger partial charge in [-0.3, -0.25) is 19.6 Å². The lowest BCUT2D eigenvalue weighted by molar-refractivity contribution is 0.0982. The van der Waals surface area contributed by atoms with Gasteiger partial charge in [-0.1, -0.05) is 11.6 Å². The third-order valence-electron chi connectivity index (χ3n) is 8.64. The van der Waals surface area contributed by atoms with E-state index in [1.807, 2.05) is 7.05 Å². The van der Waals surface area contributed by atoms with Crippen LogP contribution in [-0.2, 0) is 10.0 Å². The van der Waals surface area contributed by atoms with Crippen LogP contribution in [0.25, 0.3) is 11.0 Å². The van der Waals surface area contributed by atoms with Crippen molar-refractivity contribution in [3.8, 4) is 0 Å². The zero-order valence-corrected chi connectivity index (χ0v) is 28.1. The number of benzene rings is 2. The molecule has 2 aliphatic heterocycles. The van der Waals surface area contributed by atoms with Gasteiger partial charge in [0.2, 0.25) is 16.0 Å². The van der Waals surface area contributed by atoms with Crippen LogP contribution >= 0.6 is 11.6 Å². The Hall–Kier alpha value is -3.98. The maximum absolute atomic E-state index is 12.2. The first-order valence-corrected chi connectivity index (χ1v) is 17.6. The maximum atomic E-state index is 12.2. The molecule has 4 aromatic rings. The Morgan fingerprint density at radius 1 is 0.913 bits per heavy atom. The molecule has 46 heavy (non-hydrogen) atoms. The van der Waals surface area contributed by atoms with Crippen LogP contribution in [0.2, 0.25) is 5.02 Å². The van der Waals surface area contributed by atoms with E-state index < -0.39 is 10.0 Å². The SMILES string of the molecule is CNc1cc(N2CCC(N3CCN(C)CC3)CC2)c(C)cc1Nc1ncc(Cl)c(Nc2ccc3nccnc3c2NS(C)(=O)=O)n1. The molecular formula is C31H40ClN11O2S. The van der Waals surface area contributed by atoms with Crippen LogP contribution in [0, 0.1) is 6.92 Å². The minimum Gasteiger partial charge on any atom is -0.386 e. The van der Waals surface area contributed by atoms with Crippen molar-refractivity contribution in [3.63, 3.8) is 0 Å².